The average molecular weight is 345 g/mol. The lowest BCUT2D eigenvalue weighted by Crippen LogP contribution is -2.64. The van der Waals surface area contributed by atoms with Gasteiger partial charge in [0.15, 0.2) is 18.2 Å². The van der Waals surface area contributed by atoms with E-state index >= 15 is 0 Å². The number of imide groups is 1. The number of nitrogens with one attached hydrogen (secondary N) is 1. The van der Waals surface area contributed by atoms with Crippen LogP contribution < -0.4 is 5.32 Å². The third-order valence-corrected chi connectivity index (χ3v) is 4.25. The van der Waals surface area contributed by atoms with Gasteiger partial charge in [0, 0.05) is 20.6 Å². The fourth-order valence-electron chi connectivity index (χ4n) is 3.07. The number of aliphatic carboxylic acids is 1. The third kappa shape index (κ3) is 3.12. The lowest BCUT2D eigenvalue weighted by atomic mass is 10.1. The topological polar surface area (TPSA) is 106 Å². The van der Waals surface area contributed by atoms with Gasteiger partial charge in [-0.2, -0.15) is 0 Å². The minimum Gasteiger partial charge on any atom is -0.480 e. The van der Waals surface area contributed by atoms with Crippen LogP contribution in [0.5, 0.6) is 0 Å². The standard InChI is InChI=1S/C16H19N5O4/c1-19(8-10-6-4-3-5-7-10)15-17-13-12(21(15)9-11(22)23)14(24)18-16(25)20(13)2/h3-7,12-13H,8-9H2,1-2H3,(H,22,23)(H,18,24,25). The lowest BCUT2D eigenvalue weighted by molar-refractivity contribution is -0.138. The number of hydrogen-bond acceptors (Lipinski definition) is 6. The molecule has 0 aromatic heterocycles. The summed E-state index contributed by atoms with van der Waals surface area (Å²) in [6.07, 6.45) is -0.742. The van der Waals surface area contributed by atoms with E-state index in [2.05, 4.69) is 10.3 Å². The molecule has 9 heteroatoms. The zero-order valence-corrected chi connectivity index (χ0v) is 13.9. The first kappa shape index (κ1) is 16.7. The Morgan fingerprint density at radius 2 is 2.00 bits per heavy atom. The summed E-state index contributed by atoms with van der Waals surface area (Å²) in [5.74, 6) is -1.24. The molecule has 0 radical (unpaired) electrons. The number of benzene rings is 1. The molecule has 2 aliphatic rings. The maximum absolute atomic E-state index is 12.3. The quantitative estimate of drug-likeness (QED) is 0.780. The van der Waals surface area contributed by atoms with E-state index in [-0.39, 0.29) is 6.54 Å². The van der Waals surface area contributed by atoms with Crippen molar-refractivity contribution < 1.29 is 19.5 Å². The van der Waals surface area contributed by atoms with Gasteiger partial charge in [-0.25, -0.2) is 9.79 Å². The molecule has 2 heterocycles. The van der Waals surface area contributed by atoms with Crippen molar-refractivity contribution in [3.63, 3.8) is 0 Å². The smallest absolute Gasteiger partial charge is 0.325 e. The number of aliphatic imine (C=N–C) groups is 1. The van der Waals surface area contributed by atoms with Crippen molar-refractivity contribution in [1.29, 1.82) is 0 Å². The minimum atomic E-state index is -1.08. The summed E-state index contributed by atoms with van der Waals surface area (Å²) in [5.41, 5.74) is 1.02. The summed E-state index contributed by atoms with van der Waals surface area (Å²) in [6, 6.07) is 8.23. The van der Waals surface area contributed by atoms with Gasteiger partial charge in [0.25, 0.3) is 5.91 Å². The van der Waals surface area contributed by atoms with Crippen LogP contribution in [0.3, 0.4) is 0 Å². The van der Waals surface area contributed by atoms with E-state index in [9.17, 15) is 19.5 Å². The van der Waals surface area contributed by atoms with Crippen LogP contribution in [0, 0.1) is 0 Å². The highest BCUT2D eigenvalue weighted by atomic mass is 16.4. The van der Waals surface area contributed by atoms with Crippen molar-refractivity contribution in [2.45, 2.75) is 18.8 Å². The molecule has 2 N–H and O–H groups in total. The lowest BCUT2D eigenvalue weighted by Gasteiger charge is -2.36. The van der Waals surface area contributed by atoms with Crippen molar-refractivity contribution in [2.24, 2.45) is 4.99 Å². The summed E-state index contributed by atoms with van der Waals surface area (Å²) < 4.78 is 0. The number of urea groups is 1. The van der Waals surface area contributed by atoms with Crippen LogP contribution in [0.25, 0.3) is 0 Å². The molecule has 0 saturated carbocycles. The monoisotopic (exact) mass is 345 g/mol. The first-order chi connectivity index (χ1) is 11.9. The Morgan fingerprint density at radius 3 is 2.64 bits per heavy atom. The van der Waals surface area contributed by atoms with Gasteiger partial charge in [0.05, 0.1) is 0 Å². The van der Waals surface area contributed by atoms with Crippen molar-refractivity contribution >= 4 is 23.9 Å². The van der Waals surface area contributed by atoms with E-state index in [1.54, 1.807) is 11.9 Å². The Bertz CT molecular complexity index is 735. The van der Waals surface area contributed by atoms with Gasteiger partial charge in [-0.3, -0.25) is 14.9 Å². The second kappa shape index (κ2) is 6.42. The molecule has 3 rings (SSSR count). The maximum Gasteiger partial charge on any atom is 0.325 e. The van der Waals surface area contributed by atoms with Crippen LogP contribution in [0.4, 0.5) is 4.79 Å². The number of guanidine groups is 1. The molecule has 1 aromatic rings. The number of hydrogen-bond donors (Lipinski definition) is 2. The normalized spacial score (nSPS) is 22.4. The largest absolute Gasteiger partial charge is 0.480 e. The summed E-state index contributed by atoms with van der Waals surface area (Å²) in [5, 5.41) is 11.5. The van der Waals surface area contributed by atoms with E-state index in [0.717, 1.165) is 5.56 Å². The van der Waals surface area contributed by atoms with Crippen LogP contribution >= 0.6 is 0 Å². The van der Waals surface area contributed by atoms with Gasteiger partial charge in [-0.15, -0.1) is 0 Å². The molecule has 25 heavy (non-hydrogen) atoms. The zero-order valence-electron chi connectivity index (χ0n) is 13.9. The number of carbonyl (C=O) groups excluding carboxylic acids is 2. The Labute approximate surface area is 144 Å². The molecule has 0 bridgehead atoms. The molecule has 2 unspecified atom stereocenters. The number of rotatable bonds is 4. The molecule has 0 aliphatic carbocycles. The highest BCUT2D eigenvalue weighted by molar-refractivity contribution is 6.04. The van der Waals surface area contributed by atoms with Crippen LogP contribution in [0.2, 0.25) is 0 Å². The summed E-state index contributed by atoms with van der Waals surface area (Å²) in [4.78, 5) is 44.4. The Kier molecular flexibility index (Phi) is 4.30. The van der Waals surface area contributed by atoms with E-state index in [0.29, 0.717) is 12.5 Å². The maximum atomic E-state index is 12.3. The van der Waals surface area contributed by atoms with Gasteiger partial charge >= 0.3 is 12.0 Å². The predicted octanol–water partition coefficient (Wildman–Crippen LogP) is -0.249. The second-order valence-corrected chi connectivity index (χ2v) is 6.06. The van der Waals surface area contributed by atoms with E-state index < -0.39 is 30.1 Å². The number of nitrogens with zero attached hydrogens (tertiary/aromatic N) is 4. The second-order valence-electron chi connectivity index (χ2n) is 6.06. The zero-order chi connectivity index (χ0) is 18.1. The third-order valence-electron chi connectivity index (χ3n) is 4.25. The molecule has 2 aliphatic heterocycles. The fraction of sp³-hybridized carbons (Fsp3) is 0.375. The van der Waals surface area contributed by atoms with Gasteiger partial charge in [-0.05, 0) is 5.56 Å². The highest BCUT2D eigenvalue weighted by Crippen LogP contribution is 2.25. The van der Waals surface area contributed by atoms with Crippen molar-refractivity contribution in [3.05, 3.63) is 35.9 Å². The first-order valence-electron chi connectivity index (χ1n) is 7.77. The fourth-order valence-corrected chi connectivity index (χ4v) is 3.07. The first-order valence-corrected chi connectivity index (χ1v) is 7.77. The highest BCUT2D eigenvalue weighted by Gasteiger charge is 2.49. The summed E-state index contributed by atoms with van der Waals surface area (Å²) in [6.45, 7) is 0.114. The Balaban J connectivity index is 1.90. The Morgan fingerprint density at radius 1 is 1.32 bits per heavy atom. The van der Waals surface area contributed by atoms with Gasteiger partial charge in [0.1, 0.15) is 6.54 Å². The Hall–Kier alpha value is -3.10. The van der Waals surface area contributed by atoms with Crippen LogP contribution in [-0.2, 0) is 16.1 Å². The number of carboxylic acids is 1. The molecule has 0 spiro atoms. The molecule has 1 aromatic carbocycles. The molecule has 132 valence electrons. The van der Waals surface area contributed by atoms with E-state index in [1.165, 1.54) is 16.8 Å². The van der Waals surface area contributed by atoms with Gasteiger partial charge in [-0.1, -0.05) is 30.3 Å². The number of carbonyl (C=O) groups is 3. The molecule has 3 amide bonds. The summed E-state index contributed by atoms with van der Waals surface area (Å²) in [7, 11) is 3.31. The molecular formula is C16H19N5O4. The number of amides is 3. The number of fused-ring (bicyclic) bond motifs is 1. The average Bonchev–Trinajstić information content (AvgIpc) is 2.93. The summed E-state index contributed by atoms with van der Waals surface area (Å²) >= 11 is 0. The van der Waals surface area contributed by atoms with Crippen molar-refractivity contribution in [2.75, 3.05) is 20.6 Å². The van der Waals surface area contributed by atoms with Gasteiger partial charge in [0.2, 0.25) is 0 Å². The number of carboxylic acid groups (broad SMARTS) is 1. The van der Waals surface area contributed by atoms with E-state index in [4.69, 9.17) is 0 Å². The number of likely N-dealkylation sites (N-methyl/N-ethyl adjacent to an activating group) is 1. The molecule has 2 atom stereocenters. The van der Waals surface area contributed by atoms with Crippen LogP contribution in [0.1, 0.15) is 5.56 Å². The van der Waals surface area contributed by atoms with Crippen LogP contribution in [-0.4, -0.2) is 76.5 Å². The minimum absolute atomic E-state index is 0.373. The van der Waals surface area contributed by atoms with Gasteiger partial charge < -0.3 is 19.8 Å². The van der Waals surface area contributed by atoms with Crippen LogP contribution in [0.15, 0.2) is 35.3 Å². The molecule has 1 fully saturated rings. The molecule has 9 nitrogen and oxygen atoms in total. The SMILES string of the molecule is CN(Cc1ccccc1)C1=NC2C(C(=O)NC(=O)N2C)N1CC(=O)O. The van der Waals surface area contributed by atoms with E-state index in [1.807, 2.05) is 30.3 Å². The van der Waals surface area contributed by atoms with Crippen molar-refractivity contribution in [3.8, 4) is 0 Å². The molecular weight excluding hydrogens is 326 g/mol. The van der Waals surface area contributed by atoms with Crippen molar-refractivity contribution in [1.82, 2.24) is 20.0 Å². The molecule has 1 saturated heterocycles. The predicted molar refractivity (Wildman–Crippen MR) is 88.6 cm³/mol.